The molecule has 0 aromatic carbocycles. The summed E-state index contributed by atoms with van der Waals surface area (Å²) in [5.41, 5.74) is 5.30. The molecule has 0 amide bonds. The monoisotopic (exact) mass is 205 g/mol. The van der Waals surface area contributed by atoms with Crippen molar-refractivity contribution in [3.05, 3.63) is 28.6 Å². The van der Waals surface area contributed by atoms with Gasteiger partial charge in [-0.15, -0.1) is 0 Å². The average molecular weight is 205 g/mol. The summed E-state index contributed by atoms with van der Waals surface area (Å²) in [6, 6.07) is 2.25. The van der Waals surface area contributed by atoms with Gasteiger partial charge in [-0.25, -0.2) is 0 Å². The van der Waals surface area contributed by atoms with Gasteiger partial charge in [0.05, 0.1) is 0 Å². The van der Waals surface area contributed by atoms with Crippen LogP contribution < -0.4 is 0 Å². The lowest BCUT2D eigenvalue weighted by atomic mass is 9.90. The van der Waals surface area contributed by atoms with E-state index in [9.17, 15) is 0 Å². The minimum absolute atomic E-state index is 0.596. The quantitative estimate of drug-likeness (QED) is 0.726. The normalized spacial score (nSPS) is 11.5. The molecule has 0 fully saturated rings. The summed E-state index contributed by atoms with van der Waals surface area (Å²) in [6.07, 6.45) is 1.15. The molecule has 1 heterocycles. The molecule has 15 heavy (non-hydrogen) atoms. The Morgan fingerprint density at radius 2 is 1.73 bits per heavy atom. The smallest absolute Gasteiger partial charge is 0.0410 e. The van der Waals surface area contributed by atoms with E-state index >= 15 is 0 Å². The summed E-state index contributed by atoms with van der Waals surface area (Å²) in [4.78, 5) is 4.57. The number of aromatic nitrogens is 1. The SMILES string of the molecule is Cc1cc(C(C)C)c(CC(C)C)c(C)n1. The molecule has 0 aliphatic rings. The fourth-order valence-corrected chi connectivity index (χ4v) is 2.07. The zero-order valence-corrected chi connectivity index (χ0v) is 10.9. The highest BCUT2D eigenvalue weighted by Gasteiger charge is 2.12. The first kappa shape index (κ1) is 12.2. The van der Waals surface area contributed by atoms with E-state index in [4.69, 9.17) is 0 Å². The lowest BCUT2D eigenvalue weighted by Crippen LogP contribution is -2.06. The van der Waals surface area contributed by atoms with E-state index in [2.05, 4.69) is 52.6 Å². The fourth-order valence-electron chi connectivity index (χ4n) is 2.07. The molecule has 0 spiro atoms. The van der Waals surface area contributed by atoms with Crippen LogP contribution in [-0.4, -0.2) is 4.98 Å². The van der Waals surface area contributed by atoms with E-state index in [0.29, 0.717) is 11.8 Å². The number of nitrogens with zero attached hydrogens (tertiary/aromatic N) is 1. The number of rotatable bonds is 3. The van der Waals surface area contributed by atoms with Crippen molar-refractivity contribution in [2.45, 2.75) is 53.9 Å². The summed E-state index contributed by atoms with van der Waals surface area (Å²) < 4.78 is 0. The Morgan fingerprint density at radius 1 is 1.13 bits per heavy atom. The highest BCUT2D eigenvalue weighted by atomic mass is 14.7. The lowest BCUT2D eigenvalue weighted by Gasteiger charge is -2.17. The van der Waals surface area contributed by atoms with Crippen LogP contribution in [0.2, 0.25) is 0 Å². The van der Waals surface area contributed by atoms with Crippen LogP contribution in [0.4, 0.5) is 0 Å². The van der Waals surface area contributed by atoms with Gasteiger partial charge >= 0.3 is 0 Å². The Bertz CT molecular complexity index is 337. The van der Waals surface area contributed by atoms with Crippen molar-refractivity contribution in [1.29, 1.82) is 0 Å². The van der Waals surface area contributed by atoms with Crippen LogP contribution in [0.3, 0.4) is 0 Å². The number of pyridine rings is 1. The van der Waals surface area contributed by atoms with Crippen molar-refractivity contribution in [3.63, 3.8) is 0 Å². The van der Waals surface area contributed by atoms with Crippen molar-refractivity contribution >= 4 is 0 Å². The van der Waals surface area contributed by atoms with Gasteiger partial charge in [0.25, 0.3) is 0 Å². The topological polar surface area (TPSA) is 12.9 Å². The number of aryl methyl sites for hydroxylation is 2. The third-order valence-electron chi connectivity index (χ3n) is 2.73. The van der Waals surface area contributed by atoms with Gasteiger partial charge in [0, 0.05) is 11.4 Å². The highest BCUT2D eigenvalue weighted by molar-refractivity contribution is 5.34. The van der Waals surface area contributed by atoms with E-state index in [-0.39, 0.29) is 0 Å². The van der Waals surface area contributed by atoms with Gasteiger partial charge in [0.2, 0.25) is 0 Å². The Labute approximate surface area is 93.9 Å². The molecule has 1 heteroatoms. The average Bonchev–Trinajstić information content (AvgIpc) is 2.08. The van der Waals surface area contributed by atoms with E-state index in [1.165, 1.54) is 16.8 Å². The van der Waals surface area contributed by atoms with Crippen LogP contribution in [0.5, 0.6) is 0 Å². The van der Waals surface area contributed by atoms with Gasteiger partial charge in [0.15, 0.2) is 0 Å². The second-order valence-electron chi connectivity index (χ2n) is 5.17. The molecule has 1 nitrogen and oxygen atoms in total. The second-order valence-corrected chi connectivity index (χ2v) is 5.17. The molecule has 0 atom stereocenters. The van der Waals surface area contributed by atoms with Crippen LogP contribution in [-0.2, 0) is 6.42 Å². The van der Waals surface area contributed by atoms with E-state index in [1.54, 1.807) is 0 Å². The minimum Gasteiger partial charge on any atom is -0.258 e. The van der Waals surface area contributed by atoms with Crippen molar-refractivity contribution in [2.75, 3.05) is 0 Å². The highest BCUT2D eigenvalue weighted by Crippen LogP contribution is 2.24. The van der Waals surface area contributed by atoms with Gasteiger partial charge in [-0.3, -0.25) is 4.98 Å². The van der Waals surface area contributed by atoms with Gasteiger partial charge in [-0.05, 0) is 49.3 Å². The van der Waals surface area contributed by atoms with Crippen LogP contribution in [0, 0.1) is 19.8 Å². The first-order chi connectivity index (χ1) is 6.91. The summed E-state index contributed by atoms with van der Waals surface area (Å²) in [7, 11) is 0. The van der Waals surface area contributed by atoms with Gasteiger partial charge < -0.3 is 0 Å². The standard InChI is InChI=1S/C14H23N/c1-9(2)7-14-12(6)15-11(5)8-13(14)10(3)4/h8-10H,7H2,1-6H3. The molecule has 0 aliphatic heterocycles. The Kier molecular flexibility index (Phi) is 3.90. The maximum absolute atomic E-state index is 4.57. The molecule has 0 aliphatic carbocycles. The molecule has 0 radical (unpaired) electrons. The molecule has 1 aromatic rings. The zero-order chi connectivity index (χ0) is 11.6. The summed E-state index contributed by atoms with van der Waals surface area (Å²) in [6.45, 7) is 13.3. The lowest BCUT2D eigenvalue weighted by molar-refractivity contribution is 0.632. The Morgan fingerprint density at radius 3 is 2.20 bits per heavy atom. The zero-order valence-electron chi connectivity index (χ0n) is 10.9. The predicted molar refractivity (Wildman–Crippen MR) is 66.3 cm³/mol. The van der Waals surface area contributed by atoms with E-state index in [1.807, 2.05) is 0 Å². The molecule has 0 N–H and O–H groups in total. The van der Waals surface area contributed by atoms with E-state index < -0.39 is 0 Å². The third-order valence-corrected chi connectivity index (χ3v) is 2.73. The minimum atomic E-state index is 0.596. The molecule has 0 saturated carbocycles. The van der Waals surface area contributed by atoms with Crippen molar-refractivity contribution in [2.24, 2.45) is 5.92 Å². The maximum Gasteiger partial charge on any atom is 0.0410 e. The molecule has 84 valence electrons. The third kappa shape index (κ3) is 3.05. The molecular weight excluding hydrogens is 182 g/mol. The van der Waals surface area contributed by atoms with Crippen LogP contribution >= 0.6 is 0 Å². The van der Waals surface area contributed by atoms with E-state index in [0.717, 1.165) is 12.1 Å². The summed E-state index contributed by atoms with van der Waals surface area (Å²) in [5, 5.41) is 0. The van der Waals surface area contributed by atoms with Crippen molar-refractivity contribution in [3.8, 4) is 0 Å². The van der Waals surface area contributed by atoms with Crippen LogP contribution in [0.15, 0.2) is 6.07 Å². The first-order valence-corrected chi connectivity index (χ1v) is 5.88. The predicted octanol–water partition coefficient (Wildman–Crippen LogP) is 4.02. The number of hydrogen-bond donors (Lipinski definition) is 0. The molecule has 0 bridgehead atoms. The van der Waals surface area contributed by atoms with Crippen molar-refractivity contribution < 1.29 is 0 Å². The molecule has 0 saturated heterocycles. The number of hydrogen-bond acceptors (Lipinski definition) is 1. The molecule has 1 aromatic heterocycles. The van der Waals surface area contributed by atoms with Gasteiger partial charge in [-0.1, -0.05) is 27.7 Å². The first-order valence-electron chi connectivity index (χ1n) is 5.88. The molecule has 0 unspecified atom stereocenters. The van der Waals surface area contributed by atoms with Gasteiger partial charge in [0.1, 0.15) is 0 Å². The van der Waals surface area contributed by atoms with Crippen LogP contribution in [0.1, 0.15) is 56.1 Å². The van der Waals surface area contributed by atoms with Gasteiger partial charge in [-0.2, -0.15) is 0 Å². The molecule has 1 rings (SSSR count). The fraction of sp³-hybridized carbons (Fsp3) is 0.643. The van der Waals surface area contributed by atoms with Crippen LogP contribution in [0.25, 0.3) is 0 Å². The Hall–Kier alpha value is -0.850. The second kappa shape index (κ2) is 4.78. The van der Waals surface area contributed by atoms with Crippen molar-refractivity contribution in [1.82, 2.24) is 4.98 Å². The maximum atomic E-state index is 4.57. The molecular formula is C14H23N. The Balaban J connectivity index is 3.21. The summed E-state index contributed by atoms with van der Waals surface area (Å²) in [5.74, 6) is 1.30. The summed E-state index contributed by atoms with van der Waals surface area (Å²) >= 11 is 0. The largest absolute Gasteiger partial charge is 0.258 e.